The summed E-state index contributed by atoms with van der Waals surface area (Å²) in [7, 11) is 0. The lowest BCUT2D eigenvalue weighted by atomic mass is 10.3. The van der Waals surface area contributed by atoms with E-state index in [-0.39, 0.29) is 11.7 Å². The molecule has 1 atom stereocenters. The molecule has 6 nitrogen and oxygen atoms in total. The Morgan fingerprint density at radius 3 is 3.00 bits per heavy atom. The summed E-state index contributed by atoms with van der Waals surface area (Å²) in [5, 5.41) is 14.6. The van der Waals surface area contributed by atoms with Crippen LogP contribution in [0.15, 0.2) is 24.0 Å². The van der Waals surface area contributed by atoms with Crippen molar-refractivity contribution in [3.05, 3.63) is 34.7 Å². The summed E-state index contributed by atoms with van der Waals surface area (Å²) in [5.41, 5.74) is -0.0821. The van der Waals surface area contributed by atoms with E-state index in [1.807, 2.05) is 12.3 Å². The molecular formula is C10H10N4O2S. The Morgan fingerprint density at radius 1 is 1.53 bits per heavy atom. The number of carboxylic acids is 1. The van der Waals surface area contributed by atoms with Gasteiger partial charge in [-0.15, -0.1) is 11.3 Å². The summed E-state index contributed by atoms with van der Waals surface area (Å²) in [6.45, 7) is 1.92. The fourth-order valence-electron chi connectivity index (χ4n) is 1.27. The van der Waals surface area contributed by atoms with Crippen molar-refractivity contribution in [3.8, 4) is 0 Å². The molecule has 0 aromatic carbocycles. The van der Waals surface area contributed by atoms with Crippen molar-refractivity contribution >= 4 is 23.1 Å². The number of thiazole rings is 1. The van der Waals surface area contributed by atoms with Crippen LogP contribution < -0.4 is 5.32 Å². The standard InChI is InChI=1S/C10H10N4O2S/c1-6(9-12-2-3-17-9)13-8-5-11-4-7(14-8)10(15)16/h2-6H,1H3,(H,13,14)(H,15,16). The second kappa shape index (κ2) is 4.88. The third-order valence-electron chi connectivity index (χ3n) is 2.04. The number of rotatable bonds is 4. The van der Waals surface area contributed by atoms with Gasteiger partial charge in [-0.2, -0.15) is 0 Å². The van der Waals surface area contributed by atoms with E-state index in [1.165, 1.54) is 23.7 Å². The van der Waals surface area contributed by atoms with Crippen LogP contribution in [-0.2, 0) is 0 Å². The molecule has 2 N–H and O–H groups in total. The molecule has 0 fully saturated rings. The summed E-state index contributed by atoms with van der Waals surface area (Å²) >= 11 is 1.52. The summed E-state index contributed by atoms with van der Waals surface area (Å²) < 4.78 is 0. The minimum Gasteiger partial charge on any atom is -0.476 e. The normalized spacial score (nSPS) is 12.1. The van der Waals surface area contributed by atoms with Crippen molar-refractivity contribution in [3.63, 3.8) is 0 Å². The quantitative estimate of drug-likeness (QED) is 0.860. The first-order valence-corrected chi connectivity index (χ1v) is 5.76. The first kappa shape index (κ1) is 11.5. The van der Waals surface area contributed by atoms with Gasteiger partial charge in [0, 0.05) is 11.6 Å². The number of nitrogens with one attached hydrogen (secondary N) is 1. The van der Waals surface area contributed by atoms with E-state index >= 15 is 0 Å². The Labute approximate surface area is 101 Å². The fourth-order valence-corrected chi connectivity index (χ4v) is 1.92. The van der Waals surface area contributed by atoms with Gasteiger partial charge in [0.15, 0.2) is 5.69 Å². The van der Waals surface area contributed by atoms with Crippen LogP contribution in [0.2, 0.25) is 0 Å². The fraction of sp³-hybridized carbons (Fsp3) is 0.200. The van der Waals surface area contributed by atoms with Crippen LogP contribution >= 0.6 is 11.3 Å². The van der Waals surface area contributed by atoms with Crippen LogP contribution in [0.25, 0.3) is 0 Å². The lowest BCUT2D eigenvalue weighted by Crippen LogP contribution is -2.10. The molecule has 0 bridgehead atoms. The van der Waals surface area contributed by atoms with Gasteiger partial charge in [0.2, 0.25) is 0 Å². The minimum atomic E-state index is -1.09. The first-order chi connectivity index (χ1) is 8.16. The highest BCUT2D eigenvalue weighted by Gasteiger charge is 2.10. The van der Waals surface area contributed by atoms with Gasteiger partial charge in [0.25, 0.3) is 0 Å². The molecule has 0 spiro atoms. The molecule has 2 rings (SSSR count). The summed E-state index contributed by atoms with van der Waals surface area (Å²) in [6.07, 6.45) is 4.41. The number of anilines is 1. The molecule has 2 aromatic rings. The Bertz CT molecular complexity index is 515. The van der Waals surface area contributed by atoms with Gasteiger partial charge in [-0.25, -0.2) is 14.8 Å². The predicted octanol–water partition coefficient (Wildman–Crippen LogP) is 1.80. The Morgan fingerprint density at radius 2 is 2.35 bits per heavy atom. The maximum Gasteiger partial charge on any atom is 0.356 e. The lowest BCUT2D eigenvalue weighted by molar-refractivity contribution is 0.0690. The SMILES string of the molecule is CC(Nc1cncc(C(=O)O)n1)c1nccs1. The zero-order chi connectivity index (χ0) is 12.3. The van der Waals surface area contributed by atoms with Crippen molar-refractivity contribution in [2.75, 3.05) is 5.32 Å². The smallest absolute Gasteiger partial charge is 0.356 e. The van der Waals surface area contributed by atoms with E-state index in [1.54, 1.807) is 6.20 Å². The van der Waals surface area contributed by atoms with Gasteiger partial charge in [-0.1, -0.05) is 0 Å². The molecule has 88 valence electrons. The van der Waals surface area contributed by atoms with Gasteiger partial charge in [-0.3, -0.25) is 4.98 Å². The molecule has 7 heteroatoms. The molecule has 0 aliphatic carbocycles. The number of hydrogen-bond acceptors (Lipinski definition) is 6. The third-order valence-corrected chi connectivity index (χ3v) is 3.00. The zero-order valence-electron chi connectivity index (χ0n) is 8.99. The lowest BCUT2D eigenvalue weighted by Gasteiger charge is -2.11. The zero-order valence-corrected chi connectivity index (χ0v) is 9.81. The number of nitrogens with zero attached hydrogens (tertiary/aromatic N) is 3. The van der Waals surface area contributed by atoms with Crippen LogP contribution in [0.1, 0.15) is 28.5 Å². The van der Waals surface area contributed by atoms with E-state index in [4.69, 9.17) is 5.11 Å². The van der Waals surface area contributed by atoms with Crippen molar-refractivity contribution in [1.82, 2.24) is 15.0 Å². The highest BCUT2D eigenvalue weighted by Crippen LogP contribution is 2.19. The molecule has 2 aromatic heterocycles. The first-order valence-electron chi connectivity index (χ1n) is 4.88. The molecule has 2 heterocycles. The van der Waals surface area contributed by atoms with Crippen molar-refractivity contribution in [2.45, 2.75) is 13.0 Å². The topological polar surface area (TPSA) is 88.0 Å². The van der Waals surface area contributed by atoms with Gasteiger partial charge in [0.05, 0.1) is 18.4 Å². The number of hydrogen-bond donors (Lipinski definition) is 2. The average Bonchev–Trinajstić information content (AvgIpc) is 2.82. The Kier molecular flexibility index (Phi) is 3.29. The van der Waals surface area contributed by atoms with E-state index in [0.717, 1.165) is 5.01 Å². The molecule has 0 aliphatic heterocycles. The van der Waals surface area contributed by atoms with E-state index in [0.29, 0.717) is 5.82 Å². The number of aromatic nitrogens is 3. The van der Waals surface area contributed by atoms with Crippen LogP contribution in [0.3, 0.4) is 0 Å². The third kappa shape index (κ3) is 2.76. The molecule has 17 heavy (non-hydrogen) atoms. The van der Waals surface area contributed by atoms with Crippen LogP contribution in [0, 0.1) is 0 Å². The van der Waals surface area contributed by atoms with Crippen LogP contribution in [0.5, 0.6) is 0 Å². The van der Waals surface area contributed by atoms with E-state index in [2.05, 4.69) is 20.3 Å². The Balaban J connectivity index is 2.13. The van der Waals surface area contributed by atoms with Crippen LogP contribution in [0.4, 0.5) is 5.82 Å². The highest BCUT2D eigenvalue weighted by molar-refractivity contribution is 7.09. The summed E-state index contributed by atoms with van der Waals surface area (Å²) in [6, 6.07) is -0.0339. The summed E-state index contributed by atoms with van der Waals surface area (Å²) in [5.74, 6) is -0.671. The molecule has 0 radical (unpaired) electrons. The Hall–Kier alpha value is -2.02. The molecule has 1 unspecified atom stereocenters. The number of carbonyl (C=O) groups is 1. The second-order valence-corrected chi connectivity index (χ2v) is 4.26. The van der Waals surface area contributed by atoms with E-state index in [9.17, 15) is 4.79 Å². The van der Waals surface area contributed by atoms with Crippen molar-refractivity contribution in [2.24, 2.45) is 0 Å². The van der Waals surface area contributed by atoms with Gasteiger partial charge in [-0.05, 0) is 6.92 Å². The summed E-state index contributed by atoms with van der Waals surface area (Å²) in [4.78, 5) is 22.6. The molecule has 0 saturated heterocycles. The highest BCUT2D eigenvalue weighted by atomic mass is 32.1. The van der Waals surface area contributed by atoms with Gasteiger partial charge >= 0.3 is 5.97 Å². The molecule has 0 amide bonds. The molecule has 0 aliphatic rings. The average molecular weight is 250 g/mol. The van der Waals surface area contributed by atoms with E-state index < -0.39 is 5.97 Å². The van der Waals surface area contributed by atoms with Crippen molar-refractivity contribution in [1.29, 1.82) is 0 Å². The maximum absolute atomic E-state index is 10.7. The van der Waals surface area contributed by atoms with Gasteiger partial charge in [0.1, 0.15) is 10.8 Å². The van der Waals surface area contributed by atoms with Gasteiger partial charge < -0.3 is 10.4 Å². The largest absolute Gasteiger partial charge is 0.476 e. The van der Waals surface area contributed by atoms with Crippen LogP contribution in [-0.4, -0.2) is 26.0 Å². The second-order valence-electron chi connectivity index (χ2n) is 3.33. The molecule has 0 saturated carbocycles. The monoisotopic (exact) mass is 250 g/mol. The maximum atomic E-state index is 10.7. The number of aromatic carboxylic acids is 1. The predicted molar refractivity (Wildman–Crippen MR) is 63.1 cm³/mol. The minimum absolute atomic E-state index is 0.0339. The number of carboxylic acid groups (broad SMARTS) is 1. The van der Waals surface area contributed by atoms with Crippen molar-refractivity contribution < 1.29 is 9.90 Å². The molecular weight excluding hydrogens is 240 g/mol.